The van der Waals surface area contributed by atoms with Crippen molar-refractivity contribution in [3.8, 4) is 0 Å². The Morgan fingerprint density at radius 2 is 1.40 bits per heavy atom. The zero-order valence-corrected chi connectivity index (χ0v) is 17.0. The van der Waals surface area contributed by atoms with Crippen molar-refractivity contribution in [2.24, 2.45) is 0 Å². The number of aryl methyl sites for hydroxylation is 2. The van der Waals surface area contributed by atoms with Crippen molar-refractivity contribution < 1.29 is 9.53 Å². The van der Waals surface area contributed by atoms with Crippen molar-refractivity contribution >= 4 is 17.3 Å². The Morgan fingerprint density at radius 3 is 2.07 bits per heavy atom. The Labute approximate surface area is 177 Å². The van der Waals surface area contributed by atoms with Gasteiger partial charge in [0, 0.05) is 24.5 Å². The van der Waals surface area contributed by atoms with E-state index in [1.54, 1.807) is 0 Å². The molecule has 3 aromatic carbocycles. The number of hydrogen-bond acceptors (Lipinski definition) is 3. The summed E-state index contributed by atoms with van der Waals surface area (Å²) in [5.74, 6) is 0.0618. The van der Waals surface area contributed by atoms with Crippen LogP contribution in [0.3, 0.4) is 0 Å². The molecule has 1 atom stereocenters. The monoisotopic (exact) mass is 398 g/mol. The average Bonchev–Trinajstić information content (AvgIpc) is 2.94. The van der Waals surface area contributed by atoms with Crippen molar-refractivity contribution in [2.75, 3.05) is 24.6 Å². The second kappa shape index (κ2) is 8.33. The highest BCUT2D eigenvalue weighted by atomic mass is 16.5. The molecular weight excluding hydrogens is 372 g/mol. The number of ether oxygens (including phenoxy) is 1. The van der Waals surface area contributed by atoms with Crippen LogP contribution in [0.2, 0.25) is 0 Å². The van der Waals surface area contributed by atoms with E-state index in [1.165, 1.54) is 22.5 Å². The molecular formula is C26H26N2O2. The molecule has 4 heteroatoms. The molecule has 1 unspecified atom stereocenters. The maximum atomic E-state index is 12.5. The third-order valence-electron chi connectivity index (χ3n) is 6.05. The number of hydrogen-bond donors (Lipinski definition) is 0. The van der Waals surface area contributed by atoms with Gasteiger partial charge in [0.2, 0.25) is 5.91 Å². The van der Waals surface area contributed by atoms with Crippen LogP contribution in [0, 0.1) is 0 Å². The predicted molar refractivity (Wildman–Crippen MR) is 119 cm³/mol. The number of carbonyl (C=O) groups is 1. The Balaban J connectivity index is 1.40. The first-order chi connectivity index (χ1) is 14.8. The van der Waals surface area contributed by atoms with Crippen molar-refractivity contribution in [1.82, 2.24) is 4.90 Å². The van der Waals surface area contributed by atoms with Crippen LogP contribution >= 0.6 is 0 Å². The van der Waals surface area contributed by atoms with E-state index in [9.17, 15) is 4.79 Å². The van der Waals surface area contributed by atoms with Gasteiger partial charge in [0.25, 0.3) is 0 Å². The number of rotatable bonds is 4. The molecule has 0 saturated carbocycles. The Morgan fingerprint density at radius 1 is 0.800 bits per heavy atom. The number of anilines is 2. The molecule has 2 heterocycles. The molecule has 1 fully saturated rings. The van der Waals surface area contributed by atoms with Gasteiger partial charge >= 0.3 is 0 Å². The number of nitrogens with zero attached hydrogens (tertiary/aromatic N) is 2. The van der Waals surface area contributed by atoms with Gasteiger partial charge in [0.1, 0.15) is 6.61 Å². The summed E-state index contributed by atoms with van der Waals surface area (Å²) in [6.45, 7) is 2.11. The van der Waals surface area contributed by atoms with E-state index in [1.807, 2.05) is 23.1 Å². The summed E-state index contributed by atoms with van der Waals surface area (Å²) < 4.78 is 6.00. The first-order valence-corrected chi connectivity index (χ1v) is 10.6. The van der Waals surface area contributed by atoms with Crippen LogP contribution in [0.5, 0.6) is 0 Å². The topological polar surface area (TPSA) is 32.8 Å². The van der Waals surface area contributed by atoms with Crippen LogP contribution in [0.1, 0.15) is 16.7 Å². The lowest BCUT2D eigenvalue weighted by Crippen LogP contribution is -2.49. The molecule has 0 radical (unpaired) electrons. The third-order valence-corrected chi connectivity index (χ3v) is 6.05. The summed E-state index contributed by atoms with van der Waals surface area (Å²) in [6, 6.07) is 27.5. The summed E-state index contributed by atoms with van der Waals surface area (Å²) in [7, 11) is 0. The lowest BCUT2D eigenvalue weighted by atomic mass is 10.0. The molecule has 5 rings (SSSR count). The molecule has 0 spiro atoms. The minimum absolute atomic E-state index is 0.0365. The number of benzene rings is 3. The normalized spacial score (nSPS) is 18.5. The molecule has 0 aromatic heterocycles. The lowest BCUT2D eigenvalue weighted by molar-refractivity contribution is -0.149. The van der Waals surface area contributed by atoms with Gasteiger partial charge in [-0.2, -0.15) is 0 Å². The second-order valence-electron chi connectivity index (χ2n) is 8.06. The van der Waals surface area contributed by atoms with E-state index in [-0.39, 0.29) is 18.6 Å². The molecule has 4 nitrogen and oxygen atoms in total. The number of para-hydroxylation sites is 2. The summed E-state index contributed by atoms with van der Waals surface area (Å²) in [4.78, 5) is 16.8. The molecule has 30 heavy (non-hydrogen) atoms. The number of fused-ring (bicyclic) bond motifs is 2. The Kier molecular flexibility index (Phi) is 5.24. The van der Waals surface area contributed by atoms with E-state index in [2.05, 4.69) is 65.6 Å². The fraction of sp³-hybridized carbons (Fsp3) is 0.269. The molecule has 2 aliphatic rings. The fourth-order valence-corrected chi connectivity index (χ4v) is 4.52. The van der Waals surface area contributed by atoms with E-state index >= 15 is 0 Å². The minimum atomic E-state index is -0.0365. The van der Waals surface area contributed by atoms with Gasteiger partial charge in [0.15, 0.2) is 0 Å². The van der Waals surface area contributed by atoms with Crippen molar-refractivity contribution in [3.63, 3.8) is 0 Å². The van der Waals surface area contributed by atoms with Crippen LogP contribution < -0.4 is 4.90 Å². The maximum absolute atomic E-state index is 12.5. The van der Waals surface area contributed by atoms with Gasteiger partial charge in [-0.1, -0.05) is 66.7 Å². The average molecular weight is 399 g/mol. The zero-order chi connectivity index (χ0) is 20.3. The largest absolute Gasteiger partial charge is 0.365 e. The molecule has 152 valence electrons. The van der Waals surface area contributed by atoms with Crippen LogP contribution in [0.15, 0.2) is 78.9 Å². The van der Waals surface area contributed by atoms with E-state index in [0.29, 0.717) is 13.1 Å². The summed E-state index contributed by atoms with van der Waals surface area (Å²) in [6.07, 6.45) is 2.03. The highest BCUT2D eigenvalue weighted by Crippen LogP contribution is 2.36. The molecule has 0 N–H and O–H groups in total. The van der Waals surface area contributed by atoms with Gasteiger partial charge in [0.05, 0.1) is 12.6 Å². The second-order valence-corrected chi connectivity index (χ2v) is 8.06. The number of amides is 1. The van der Waals surface area contributed by atoms with Gasteiger partial charge in [-0.3, -0.25) is 4.79 Å². The first kappa shape index (κ1) is 18.9. The number of carbonyl (C=O) groups excluding carboxylic acids is 1. The van der Waals surface area contributed by atoms with E-state index in [4.69, 9.17) is 4.74 Å². The first-order valence-electron chi connectivity index (χ1n) is 10.6. The SMILES string of the molecule is O=C1COC(CN2c3ccccc3CCc3ccccc32)CN1Cc1ccccc1. The lowest BCUT2D eigenvalue weighted by Gasteiger charge is -2.37. The molecule has 1 saturated heterocycles. The molecule has 0 bridgehead atoms. The zero-order valence-electron chi connectivity index (χ0n) is 17.0. The maximum Gasteiger partial charge on any atom is 0.248 e. The molecule has 3 aromatic rings. The van der Waals surface area contributed by atoms with E-state index in [0.717, 1.165) is 24.9 Å². The number of morpholine rings is 1. The fourth-order valence-electron chi connectivity index (χ4n) is 4.52. The minimum Gasteiger partial charge on any atom is -0.365 e. The van der Waals surface area contributed by atoms with Crippen LogP contribution in [-0.2, 0) is 28.9 Å². The van der Waals surface area contributed by atoms with Crippen molar-refractivity contribution in [3.05, 3.63) is 95.6 Å². The predicted octanol–water partition coefficient (Wildman–Crippen LogP) is 4.35. The standard InChI is InChI=1S/C26H26N2O2/c29-26-19-30-23(17-27(26)16-20-8-2-1-3-9-20)18-28-24-12-6-4-10-21(24)14-15-22-11-5-7-13-25(22)28/h1-13,23H,14-19H2. The summed E-state index contributed by atoms with van der Waals surface area (Å²) in [5, 5.41) is 0. The van der Waals surface area contributed by atoms with Crippen molar-refractivity contribution in [1.29, 1.82) is 0 Å². The third kappa shape index (κ3) is 3.83. The van der Waals surface area contributed by atoms with Crippen molar-refractivity contribution in [2.45, 2.75) is 25.5 Å². The van der Waals surface area contributed by atoms with Gasteiger partial charge in [-0.05, 0) is 41.7 Å². The van der Waals surface area contributed by atoms with Crippen LogP contribution in [-0.4, -0.2) is 36.6 Å². The highest BCUT2D eigenvalue weighted by molar-refractivity contribution is 5.78. The summed E-state index contributed by atoms with van der Waals surface area (Å²) in [5.41, 5.74) is 6.37. The summed E-state index contributed by atoms with van der Waals surface area (Å²) >= 11 is 0. The van der Waals surface area contributed by atoms with Crippen LogP contribution in [0.25, 0.3) is 0 Å². The molecule has 0 aliphatic carbocycles. The highest BCUT2D eigenvalue weighted by Gasteiger charge is 2.30. The smallest absolute Gasteiger partial charge is 0.248 e. The van der Waals surface area contributed by atoms with Crippen LogP contribution in [0.4, 0.5) is 11.4 Å². The Bertz CT molecular complexity index is 986. The Hall–Kier alpha value is -3.11. The van der Waals surface area contributed by atoms with Gasteiger partial charge < -0.3 is 14.5 Å². The van der Waals surface area contributed by atoms with Gasteiger partial charge in [-0.15, -0.1) is 0 Å². The molecule has 1 amide bonds. The molecule has 2 aliphatic heterocycles. The quantitative estimate of drug-likeness (QED) is 0.655. The van der Waals surface area contributed by atoms with E-state index < -0.39 is 0 Å². The van der Waals surface area contributed by atoms with Gasteiger partial charge in [-0.25, -0.2) is 0 Å².